The number of methoxy groups -OCH3 is 1. The molecule has 0 aliphatic carbocycles. The minimum Gasteiger partial charge on any atom is -0.496 e. The van der Waals surface area contributed by atoms with Gasteiger partial charge in [-0.3, -0.25) is 9.59 Å². The van der Waals surface area contributed by atoms with Crippen molar-refractivity contribution in [2.24, 2.45) is 5.73 Å². The maximum atomic E-state index is 14.8. The molecule has 3 atom stereocenters. The Morgan fingerprint density at radius 2 is 1.85 bits per heavy atom. The zero-order valence-corrected chi connectivity index (χ0v) is 24.4. The van der Waals surface area contributed by atoms with Gasteiger partial charge in [0.25, 0.3) is 0 Å². The molecular weight excluding hydrogens is 521 g/mol. The number of carbonyl (C=O) groups is 2. The highest BCUT2D eigenvalue weighted by molar-refractivity contribution is 5.92. The van der Waals surface area contributed by atoms with Gasteiger partial charge in [-0.05, 0) is 61.6 Å². The smallest absolute Gasteiger partial charge is 0.225 e. The summed E-state index contributed by atoms with van der Waals surface area (Å²) < 4.78 is 26.1. The predicted octanol–water partition coefficient (Wildman–Crippen LogP) is 5.49. The molecule has 0 spiro atoms. The number of ether oxygens (including phenoxy) is 2. The second kappa shape index (κ2) is 15.9. The molecule has 0 radical (unpaired) electrons. The second-order valence-corrected chi connectivity index (χ2v) is 10.3. The van der Waals surface area contributed by atoms with Gasteiger partial charge in [-0.1, -0.05) is 55.5 Å². The summed E-state index contributed by atoms with van der Waals surface area (Å²) >= 11 is 0. The van der Waals surface area contributed by atoms with Crippen molar-refractivity contribution in [3.05, 3.63) is 94.8 Å². The van der Waals surface area contributed by atoms with Crippen molar-refractivity contribution in [2.45, 2.75) is 64.5 Å². The first-order chi connectivity index (χ1) is 19.7. The number of halogens is 1. The number of amides is 2. The third kappa shape index (κ3) is 9.69. The van der Waals surface area contributed by atoms with Gasteiger partial charge < -0.3 is 25.8 Å². The number of aryl methyl sites for hydroxylation is 1. The number of anilines is 1. The summed E-state index contributed by atoms with van der Waals surface area (Å²) in [6.07, 6.45) is 1.88. The van der Waals surface area contributed by atoms with Crippen LogP contribution in [-0.2, 0) is 20.7 Å². The summed E-state index contributed by atoms with van der Waals surface area (Å²) in [5.74, 6) is -0.0450. The van der Waals surface area contributed by atoms with Gasteiger partial charge in [-0.15, -0.1) is 0 Å². The number of morpholine rings is 1. The number of primary amides is 1. The number of nitrogens with one attached hydrogen (secondary N) is 2. The molecule has 8 heteroatoms. The summed E-state index contributed by atoms with van der Waals surface area (Å²) in [5, 5.41) is 6.39. The van der Waals surface area contributed by atoms with E-state index in [-0.39, 0.29) is 36.1 Å². The van der Waals surface area contributed by atoms with Crippen LogP contribution in [0.2, 0.25) is 0 Å². The van der Waals surface area contributed by atoms with Crippen LogP contribution >= 0.6 is 0 Å². The van der Waals surface area contributed by atoms with Crippen molar-refractivity contribution < 1.29 is 23.5 Å². The van der Waals surface area contributed by atoms with Gasteiger partial charge in [0.1, 0.15) is 11.6 Å². The normalized spacial score (nSPS) is 17.1. The maximum Gasteiger partial charge on any atom is 0.225 e. The summed E-state index contributed by atoms with van der Waals surface area (Å²) in [5.41, 5.74) is 8.79. The number of carbonyl (C=O) groups excluding carboxylic acids is 2. The molecule has 4 N–H and O–H groups in total. The first-order valence-corrected chi connectivity index (χ1v) is 14.1. The quantitative estimate of drug-likeness (QED) is 0.303. The van der Waals surface area contributed by atoms with Crippen molar-refractivity contribution >= 4 is 17.5 Å². The molecule has 0 bridgehead atoms. The van der Waals surface area contributed by atoms with Crippen LogP contribution in [-0.4, -0.2) is 44.2 Å². The van der Waals surface area contributed by atoms with Gasteiger partial charge in [0.15, 0.2) is 0 Å². The zero-order valence-electron chi connectivity index (χ0n) is 24.4. The number of rotatable bonds is 10. The predicted molar refractivity (Wildman–Crippen MR) is 161 cm³/mol. The molecule has 1 aliphatic rings. The molecule has 1 aliphatic heterocycles. The minimum absolute atomic E-state index is 0.0325. The number of hydrogen-bond acceptors (Lipinski definition) is 5. The van der Waals surface area contributed by atoms with Crippen LogP contribution in [0.25, 0.3) is 0 Å². The van der Waals surface area contributed by atoms with E-state index in [0.29, 0.717) is 43.2 Å². The third-order valence-corrected chi connectivity index (χ3v) is 7.15. The molecule has 1 fully saturated rings. The molecule has 1 heterocycles. The fourth-order valence-corrected chi connectivity index (χ4v) is 4.77. The second-order valence-electron chi connectivity index (χ2n) is 10.3. The molecule has 0 unspecified atom stereocenters. The lowest BCUT2D eigenvalue weighted by atomic mass is 9.87. The topological polar surface area (TPSA) is 103 Å². The maximum absolute atomic E-state index is 14.8. The van der Waals surface area contributed by atoms with Gasteiger partial charge in [0.05, 0.1) is 19.8 Å². The molecule has 0 saturated carbocycles. The Morgan fingerprint density at radius 1 is 1.12 bits per heavy atom. The number of benzene rings is 3. The van der Waals surface area contributed by atoms with Crippen LogP contribution in [0.5, 0.6) is 5.75 Å². The lowest BCUT2D eigenvalue weighted by Crippen LogP contribution is -2.44. The average molecular weight is 564 g/mol. The van der Waals surface area contributed by atoms with Crippen LogP contribution in [0, 0.1) is 12.7 Å². The van der Waals surface area contributed by atoms with Gasteiger partial charge in [-0.2, -0.15) is 0 Å². The fourth-order valence-electron chi connectivity index (χ4n) is 4.77. The van der Waals surface area contributed by atoms with Crippen molar-refractivity contribution in [1.82, 2.24) is 5.32 Å². The molecule has 41 heavy (non-hydrogen) atoms. The van der Waals surface area contributed by atoms with Crippen molar-refractivity contribution in [2.75, 3.05) is 25.6 Å². The minimum atomic E-state index is -0.310. The number of hydrogen-bond donors (Lipinski definition) is 3. The van der Waals surface area contributed by atoms with Crippen LogP contribution in [0.15, 0.2) is 66.7 Å². The van der Waals surface area contributed by atoms with E-state index in [9.17, 15) is 14.0 Å². The molecule has 3 aromatic rings. The highest BCUT2D eigenvalue weighted by Crippen LogP contribution is 2.32. The van der Waals surface area contributed by atoms with E-state index in [4.69, 9.17) is 9.47 Å². The lowest BCUT2D eigenvalue weighted by molar-refractivity contribution is -0.118. The van der Waals surface area contributed by atoms with Gasteiger partial charge in [0.2, 0.25) is 11.8 Å². The van der Waals surface area contributed by atoms with E-state index in [2.05, 4.69) is 29.4 Å². The molecular formula is C33H42FN3O4. The Bertz CT molecular complexity index is 1280. The molecule has 3 aromatic carbocycles. The SMILES string of the molecule is CCC(N)=O.COc1ccc([C@H](CC(=O)Nc2cccc(F)c2CC[C@@H]2CN[C@H](C)CO2)c2ccccc2)cc1C. The summed E-state index contributed by atoms with van der Waals surface area (Å²) in [6, 6.07) is 21.2. The fraction of sp³-hybridized carbons (Fsp3) is 0.394. The first kappa shape index (κ1) is 31.8. The van der Waals surface area contributed by atoms with Crippen molar-refractivity contribution in [3.8, 4) is 5.75 Å². The number of nitrogens with two attached hydrogens (primary N) is 1. The van der Waals surface area contributed by atoms with Crippen molar-refractivity contribution in [3.63, 3.8) is 0 Å². The highest BCUT2D eigenvalue weighted by Gasteiger charge is 2.22. The van der Waals surface area contributed by atoms with Crippen molar-refractivity contribution in [1.29, 1.82) is 0 Å². The zero-order chi connectivity index (χ0) is 29.8. The van der Waals surface area contributed by atoms with E-state index in [1.54, 1.807) is 26.2 Å². The van der Waals surface area contributed by atoms with E-state index in [1.807, 2.05) is 49.4 Å². The lowest BCUT2D eigenvalue weighted by Gasteiger charge is -2.28. The summed E-state index contributed by atoms with van der Waals surface area (Å²) in [6.45, 7) is 7.20. The Morgan fingerprint density at radius 3 is 2.46 bits per heavy atom. The molecule has 220 valence electrons. The molecule has 4 rings (SSSR count). The Hall–Kier alpha value is -3.75. The van der Waals surface area contributed by atoms with Gasteiger partial charge in [0, 0.05) is 42.6 Å². The van der Waals surface area contributed by atoms with Crippen LogP contribution in [0.3, 0.4) is 0 Å². The first-order valence-electron chi connectivity index (χ1n) is 14.1. The standard InChI is InChI=1S/C30H35FN2O3.C3H7NO/c1-20-16-23(12-15-29(20)35-3)26(22-8-5-4-6-9-22)17-30(34)33-28-11-7-10-27(31)25(28)14-13-24-18-32-21(2)19-36-24;1-2-3(4)5/h4-12,15-16,21,24,26,32H,13-14,17-19H2,1-3H3,(H,33,34);2H2,1H3,(H2,4,5)/t21-,24-,26-;/m1./s1. The van der Waals surface area contributed by atoms with Gasteiger partial charge >= 0.3 is 0 Å². The Labute approximate surface area is 242 Å². The Balaban J connectivity index is 0.000000850. The average Bonchev–Trinajstić information content (AvgIpc) is 2.97. The van der Waals surface area contributed by atoms with Crippen LogP contribution in [0.4, 0.5) is 10.1 Å². The third-order valence-electron chi connectivity index (χ3n) is 7.15. The van der Waals surface area contributed by atoms with Gasteiger partial charge in [-0.25, -0.2) is 4.39 Å². The van der Waals surface area contributed by atoms with E-state index >= 15 is 0 Å². The molecule has 0 aromatic heterocycles. The van der Waals surface area contributed by atoms with E-state index in [1.165, 1.54) is 6.07 Å². The molecule has 1 saturated heterocycles. The summed E-state index contributed by atoms with van der Waals surface area (Å²) in [7, 11) is 1.65. The largest absolute Gasteiger partial charge is 0.496 e. The highest BCUT2D eigenvalue weighted by atomic mass is 19.1. The van der Waals surface area contributed by atoms with Crippen LogP contribution in [0.1, 0.15) is 61.3 Å². The monoisotopic (exact) mass is 563 g/mol. The van der Waals surface area contributed by atoms with E-state index < -0.39 is 0 Å². The molecule has 7 nitrogen and oxygen atoms in total. The summed E-state index contributed by atoms with van der Waals surface area (Å²) in [4.78, 5) is 22.9. The van der Waals surface area contributed by atoms with E-state index in [0.717, 1.165) is 29.0 Å². The molecule has 2 amide bonds. The van der Waals surface area contributed by atoms with Crippen LogP contribution < -0.4 is 21.1 Å². The Kier molecular flexibility index (Phi) is 12.3.